The van der Waals surface area contributed by atoms with Gasteiger partial charge in [-0.25, -0.2) is 8.78 Å². The molecule has 2 heterocycles. The summed E-state index contributed by atoms with van der Waals surface area (Å²) in [6.45, 7) is 0.518. The summed E-state index contributed by atoms with van der Waals surface area (Å²) >= 11 is 0. The van der Waals surface area contributed by atoms with E-state index in [1.54, 1.807) is 52.3 Å². The predicted molar refractivity (Wildman–Crippen MR) is 108 cm³/mol. The fraction of sp³-hybridized carbons (Fsp3) is 0.391. The van der Waals surface area contributed by atoms with E-state index < -0.39 is 24.3 Å². The van der Waals surface area contributed by atoms with Crippen molar-refractivity contribution < 1.29 is 18.7 Å². The number of hydrogen-bond acceptors (Lipinski definition) is 4. The zero-order valence-electron chi connectivity index (χ0n) is 16.5. The van der Waals surface area contributed by atoms with Crippen LogP contribution in [0, 0.1) is 16.7 Å². The molecule has 5 nitrogen and oxygen atoms in total. The molecule has 1 atom stereocenters. The number of amides is 1. The number of anilines is 1. The number of nitriles is 1. The summed E-state index contributed by atoms with van der Waals surface area (Å²) in [6, 6.07) is 15.3. The van der Waals surface area contributed by atoms with Gasteiger partial charge in [0.2, 0.25) is 5.91 Å². The third kappa shape index (κ3) is 4.01. The Bertz CT molecular complexity index is 1000. The monoisotopic (exact) mass is 411 g/mol. The summed E-state index contributed by atoms with van der Waals surface area (Å²) in [6.07, 6.45) is 0.564. The van der Waals surface area contributed by atoms with Crippen molar-refractivity contribution >= 4 is 11.6 Å². The molecule has 4 rings (SSSR count). The molecule has 0 aliphatic carbocycles. The van der Waals surface area contributed by atoms with Crippen LogP contribution < -0.4 is 4.90 Å². The SMILES string of the molecule is N#Cc1cccc(N2CCC[C@]3(CN(Cc4cccc(O)c4)CC(F)(F)C3)C2=O)c1. The lowest BCUT2D eigenvalue weighted by molar-refractivity contribution is -0.155. The van der Waals surface area contributed by atoms with Crippen LogP contribution in [-0.4, -0.2) is 41.5 Å². The van der Waals surface area contributed by atoms with Gasteiger partial charge in [-0.2, -0.15) is 5.26 Å². The number of likely N-dealkylation sites (tertiary alicyclic amines) is 1. The Hall–Kier alpha value is -2.98. The van der Waals surface area contributed by atoms with Crippen molar-refractivity contribution in [3.8, 4) is 11.8 Å². The van der Waals surface area contributed by atoms with Crippen LogP contribution in [0.3, 0.4) is 0 Å². The zero-order chi connectivity index (χ0) is 21.4. The maximum absolute atomic E-state index is 14.8. The number of hydrogen-bond donors (Lipinski definition) is 1. The fourth-order valence-corrected chi connectivity index (χ4v) is 4.81. The zero-order valence-corrected chi connectivity index (χ0v) is 16.5. The molecule has 156 valence electrons. The van der Waals surface area contributed by atoms with E-state index in [4.69, 9.17) is 5.26 Å². The Balaban J connectivity index is 1.62. The lowest BCUT2D eigenvalue weighted by atomic mass is 9.71. The van der Waals surface area contributed by atoms with Gasteiger partial charge in [-0.15, -0.1) is 0 Å². The smallest absolute Gasteiger partial charge is 0.261 e. The average Bonchev–Trinajstić information content (AvgIpc) is 2.69. The van der Waals surface area contributed by atoms with E-state index in [-0.39, 0.29) is 24.7 Å². The fourth-order valence-electron chi connectivity index (χ4n) is 4.81. The summed E-state index contributed by atoms with van der Waals surface area (Å²) in [5, 5.41) is 18.8. The van der Waals surface area contributed by atoms with Crippen LogP contribution in [0.2, 0.25) is 0 Å². The van der Waals surface area contributed by atoms with Crippen LogP contribution in [-0.2, 0) is 11.3 Å². The molecule has 2 saturated heterocycles. The Kier molecular flexibility index (Phi) is 5.20. The molecule has 0 saturated carbocycles. The van der Waals surface area contributed by atoms with E-state index in [0.717, 1.165) is 5.56 Å². The molecule has 1 N–H and O–H groups in total. The molecule has 7 heteroatoms. The van der Waals surface area contributed by atoms with Gasteiger partial charge in [0.1, 0.15) is 5.75 Å². The van der Waals surface area contributed by atoms with Gasteiger partial charge in [-0.1, -0.05) is 18.2 Å². The first-order chi connectivity index (χ1) is 14.3. The Morgan fingerprint density at radius 3 is 2.70 bits per heavy atom. The van der Waals surface area contributed by atoms with Crippen molar-refractivity contribution in [1.29, 1.82) is 5.26 Å². The van der Waals surface area contributed by atoms with Crippen LogP contribution in [0.1, 0.15) is 30.4 Å². The highest BCUT2D eigenvalue weighted by molar-refractivity contribution is 5.98. The second-order valence-electron chi connectivity index (χ2n) is 8.35. The maximum atomic E-state index is 14.8. The molecule has 1 spiro atoms. The molecule has 0 unspecified atom stereocenters. The number of carbonyl (C=O) groups excluding carboxylic acids is 1. The number of phenols is 1. The van der Waals surface area contributed by atoms with Gasteiger partial charge in [0.15, 0.2) is 0 Å². The molecule has 0 bridgehead atoms. The molecule has 1 amide bonds. The van der Waals surface area contributed by atoms with Crippen LogP contribution in [0.4, 0.5) is 14.5 Å². The average molecular weight is 411 g/mol. The van der Waals surface area contributed by atoms with Crippen molar-refractivity contribution in [2.45, 2.75) is 31.7 Å². The Morgan fingerprint density at radius 2 is 1.93 bits per heavy atom. The molecular weight excluding hydrogens is 388 g/mol. The first kappa shape index (κ1) is 20.3. The normalized spacial score (nSPS) is 24.0. The van der Waals surface area contributed by atoms with Gasteiger partial charge in [0, 0.05) is 31.7 Å². The Morgan fingerprint density at radius 1 is 1.13 bits per heavy atom. The third-order valence-electron chi connectivity index (χ3n) is 5.92. The van der Waals surface area contributed by atoms with Crippen LogP contribution >= 0.6 is 0 Å². The number of phenolic OH excluding ortho intramolecular Hbond substituents is 1. The molecule has 2 aromatic carbocycles. The third-order valence-corrected chi connectivity index (χ3v) is 5.92. The predicted octanol–water partition coefficient (Wildman–Crippen LogP) is 3.92. The number of benzene rings is 2. The lowest BCUT2D eigenvalue weighted by Gasteiger charge is -2.49. The quantitative estimate of drug-likeness (QED) is 0.831. The van der Waals surface area contributed by atoms with Gasteiger partial charge in [0.25, 0.3) is 5.92 Å². The highest BCUT2D eigenvalue weighted by Crippen LogP contribution is 2.46. The van der Waals surface area contributed by atoms with Gasteiger partial charge in [0.05, 0.1) is 23.6 Å². The van der Waals surface area contributed by atoms with Crippen LogP contribution in [0.15, 0.2) is 48.5 Å². The molecule has 30 heavy (non-hydrogen) atoms. The summed E-state index contributed by atoms with van der Waals surface area (Å²) < 4.78 is 29.6. The van der Waals surface area contributed by atoms with Crippen molar-refractivity contribution in [1.82, 2.24) is 4.90 Å². The van der Waals surface area contributed by atoms with Gasteiger partial charge in [-0.3, -0.25) is 9.69 Å². The number of carbonyl (C=O) groups is 1. The van der Waals surface area contributed by atoms with E-state index in [1.807, 2.05) is 0 Å². The van der Waals surface area contributed by atoms with E-state index in [9.17, 15) is 18.7 Å². The molecule has 0 radical (unpaired) electrons. The van der Waals surface area contributed by atoms with Gasteiger partial charge < -0.3 is 10.0 Å². The van der Waals surface area contributed by atoms with E-state index in [0.29, 0.717) is 30.6 Å². The number of halogens is 2. The Labute approximate surface area is 174 Å². The highest BCUT2D eigenvalue weighted by atomic mass is 19.3. The first-order valence-electron chi connectivity index (χ1n) is 10.0. The van der Waals surface area contributed by atoms with Crippen LogP contribution in [0.25, 0.3) is 0 Å². The second kappa shape index (κ2) is 7.69. The van der Waals surface area contributed by atoms with Crippen LogP contribution in [0.5, 0.6) is 5.75 Å². The lowest BCUT2D eigenvalue weighted by Crippen LogP contribution is -2.61. The number of alkyl halides is 2. The number of nitrogens with zero attached hydrogens (tertiary/aromatic N) is 3. The summed E-state index contributed by atoms with van der Waals surface area (Å²) in [5.41, 5.74) is 0.565. The molecule has 2 aromatic rings. The second-order valence-corrected chi connectivity index (χ2v) is 8.35. The molecule has 2 aliphatic rings. The van der Waals surface area contributed by atoms with Crippen molar-refractivity contribution in [3.63, 3.8) is 0 Å². The minimum Gasteiger partial charge on any atom is -0.508 e. The standard InChI is InChI=1S/C23H23F2N3O2/c24-23(25)14-22(15-27(16-23)13-18-5-2-7-20(29)11-18)8-3-9-28(21(22)30)19-6-1-4-17(10-19)12-26/h1-2,4-7,10-11,29H,3,8-9,13-16H2/t22-/m0/s1. The molecule has 2 aliphatic heterocycles. The van der Waals surface area contributed by atoms with E-state index in [1.165, 1.54) is 6.07 Å². The van der Waals surface area contributed by atoms with Gasteiger partial charge in [-0.05, 0) is 48.7 Å². The van der Waals surface area contributed by atoms with Crippen molar-refractivity contribution in [2.75, 3.05) is 24.5 Å². The topological polar surface area (TPSA) is 67.6 Å². The van der Waals surface area contributed by atoms with Crippen molar-refractivity contribution in [3.05, 3.63) is 59.7 Å². The maximum Gasteiger partial charge on any atom is 0.261 e. The first-order valence-corrected chi connectivity index (χ1v) is 10.0. The molecule has 0 aromatic heterocycles. The van der Waals surface area contributed by atoms with Gasteiger partial charge >= 0.3 is 0 Å². The summed E-state index contributed by atoms with van der Waals surface area (Å²) in [5.74, 6) is -3.20. The van der Waals surface area contributed by atoms with Crippen molar-refractivity contribution in [2.24, 2.45) is 5.41 Å². The number of piperidine rings is 2. The summed E-state index contributed by atoms with van der Waals surface area (Å²) in [4.78, 5) is 16.7. The number of rotatable bonds is 3. The largest absolute Gasteiger partial charge is 0.508 e. The minimum atomic E-state index is -2.98. The van der Waals surface area contributed by atoms with E-state index in [2.05, 4.69) is 6.07 Å². The van der Waals surface area contributed by atoms with E-state index >= 15 is 0 Å². The summed E-state index contributed by atoms with van der Waals surface area (Å²) in [7, 11) is 0. The molecule has 2 fully saturated rings. The minimum absolute atomic E-state index is 0.0864. The molecular formula is C23H23F2N3O2. The highest BCUT2D eigenvalue weighted by Gasteiger charge is 2.55. The number of aromatic hydroxyl groups is 1.